The summed E-state index contributed by atoms with van der Waals surface area (Å²) in [5.74, 6) is -1.09. The number of hydrogen-bond donors (Lipinski definition) is 1. The minimum atomic E-state index is -0.571. The minimum absolute atomic E-state index is 0.441. The molecule has 2 aliphatic rings. The number of nitrogens with zero attached hydrogens (tertiary/aromatic N) is 1. The van der Waals surface area contributed by atoms with Crippen molar-refractivity contribution in [2.75, 3.05) is 6.54 Å². The van der Waals surface area contributed by atoms with Gasteiger partial charge < -0.3 is 0 Å². The Morgan fingerprint density at radius 1 is 1.50 bits per heavy atom. The molecule has 0 amide bonds. The van der Waals surface area contributed by atoms with Crippen LogP contribution in [-0.4, -0.2) is 11.6 Å². The molecule has 2 heterocycles. The van der Waals surface area contributed by atoms with Crippen LogP contribution in [-0.2, 0) is 0 Å². The van der Waals surface area contributed by atoms with Crippen molar-refractivity contribution in [2.24, 2.45) is 0 Å². The van der Waals surface area contributed by atoms with Crippen LogP contribution in [0.15, 0.2) is 35.2 Å². The zero-order valence-electron chi connectivity index (χ0n) is 6.56. The van der Waals surface area contributed by atoms with Gasteiger partial charge in [0.1, 0.15) is 5.83 Å². The van der Waals surface area contributed by atoms with Crippen LogP contribution < -0.4 is 5.43 Å². The van der Waals surface area contributed by atoms with E-state index in [0.29, 0.717) is 12.2 Å². The van der Waals surface area contributed by atoms with E-state index in [1.54, 1.807) is 0 Å². The number of allylic oxidation sites excluding steroid dienone is 3. The number of rotatable bonds is 0. The molecule has 0 aromatic rings. The van der Waals surface area contributed by atoms with Gasteiger partial charge in [0.05, 0.1) is 11.9 Å². The van der Waals surface area contributed by atoms with Gasteiger partial charge >= 0.3 is 0 Å². The highest BCUT2D eigenvalue weighted by molar-refractivity contribution is 5.40. The molecule has 2 rings (SSSR count). The van der Waals surface area contributed by atoms with Crippen LogP contribution in [0.5, 0.6) is 0 Å². The molecule has 2 aliphatic heterocycles. The minimum Gasteiger partial charge on any atom is -0.278 e. The number of halogens is 2. The average Bonchev–Trinajstić information content (AvgIpc) is 2.31. The van der Waals surface area contributed by atoms with Crippen LogP contribution in [0.1, 0.15) is 6.92 Å². The third-order valence-corrected chi connectivity index (χ3v) is 1.90. The molecule has 0 radical (unpaired) electrons. The molecule has 0 aromatic heterocycles. The second kappa shape index (κ2) is 2.42. The number of hydrogen-bond acceptors (Lipinski definition) is 2. The zero-order chi connectivity index (χ0) is 8.72. The first-order valence-electron chi connectivity index (χ1n) is 3.66. The highest BCUT2D eigenvalue weighted by atomic mass is 19.1. The average molecular weight is 170 g/mol. The molecule has 2 nitrogen and oxygen atoms in total. The van der Waals surface area contributed by atoms with Crippen LogP contribution in [0.2, 0.25) is 0 Å². The molecule has 0 bridgehead atoms. The first-order valence-corrected chi connectivity index (χ1v) is 3.66. The summed E-state index contributed by atoms with van der Waals surface area (Å²) in [7, 11) is 0. The zero-order valence-corrected chi connectivity index (χ0v) is 6.56. The number of hydrazine groups is 1. The van der Waals surface area contributed by atoms with Crippen LogP contribution in [0, 0.1) is 0 Å². The van der Waals surface area contributed by atoms with Crippen LogP contribution in [0.25, 0.3) is 0 Å². The summed E-state index contributed by atoms with van der Waals surface area (Å²) in [5.41, 5.74) is 4.15. The summed E-state index contributed by atoms with van der Waals surface area (Å²) in [6.07, 6.45) is 2.12. The molecule has 0 saturated heterocycles. The van der Waals surface area contributed by atoms with E-state index >= 15 is 0 Å². The van der Waals surface area contributed by atoms with Gasteiger partial charge in [0.15, 0.2) is 5.83 Å². The van der Waals surface area contributed by atoms with Gasteiger partial charge in [0.25, 0.3) is 0 Å². The fourth-order valence-electron chi connectivity index (χ4n) is 1.35. The number of fused-ring (bicyclic) bond motifs is 1. The van der Waals surface area contributed by atoms with Gasteiger partial charge in [0.2, 0.25) is 0 Å². The summed E-state index contributed by atoms with van der Waals surface area (Å²) in [4.78, 5) is 0. The quantitative estimate of drug-likeness (QED) is 0.596. The van der Waals surface area contributed by atoms with E-state index in [-0.39, 0.29) is 0 Å². The Hall–Kier alpha value is -1.16. The van der Waals surface area contributed by atoms with E-state index in [0.717, 1.165) is 11.6 Å². The van der Waals surface area contributed by atoms with Gasteiger partial charge in [-0.15, -0.1) is 0 Å². The second-order valence-electron chi connectivity index (χ2n) is 2.84. The summed E-state index contributed by atoms with van der Waals surface area (Å²) in [6.45, 7) is 2.38. The Bertz CT molecular complexity index is 315. The molecule has 1 N–H and O–H groups in total. The monoisotopic (exact) mass is 170 g/mol. The molecular weight excluding hydrogens is 162 g/mol. The van der Waals surface area contributed by atoms with Gasteiger partial charge in [-0.2, -0.15) is 0 Å². The van der Waals surface area contributed by atoms with Crippen molar-refractivity contribution in [3.63, 3.8) is 0 Å². The maximum absolute atomic E-state index is 13.1. The molecule has 0 spiro atoms. The van der Waals surface area contributed by atoms with E-state index in [9.17, 15) is 8.78 Å². The third kappa shape index (κ3) is 0.956. The molecular formula is C8H8F2N2. The van der Waals surface area contributed by atoms with Crippen molar-refractivity contribution in [3.8, 4) is 0 Å². The normalized spacial score (nSPS) is 22.4. The summed E-state index contributed by atoms with van der Waals surface area (Å²) < 4.78 is 25.7. The molecule has 0 fully saturated rings. The molecule has 12 heavy (non-hydrogen) atoms. The van der Waals surface area contributed by atoms with Crippen molar-refractivity contribution < 1.29 is 8.78 Å². The lowest BCUT2D eigenvalue weighted by Gasteiger charge is -2.19. The summed E-state index contributed by atoms with van der Waals surface area (Å²) in [5, 5.41) is 1.38. The molecule has 0 atom stereocenters. The highest BCUT2D eigenvalue weighted by Gasteiger charge is 2.25. The van der Waals surface area contributed by atoms with Gasteiger partial charge in [0, 0.05) is 12.6 Å². The Morgan fingerprint density at radius 2 is 2.25 bits per heavy atom. The fourth-order valence-corrected chi connectivity index (χ4v) is 1.35. The molecule has 0 aromatic carbocycles. The standard InChI is InChI=1S/C8H8F2N2/c1-5-3-11-12-4-6(9)2-7(10)8(5)12/h2,4,11H,3H2,1H3. The predicted octanol–water partition coefficient (Wildman–Crippen LogP) is 1.76. The van der Waals surface area contributed by atoms with Gasteiger partial charge in [-0.3, -0.25) is 5.01 Å². The molecule has 4 heteroatoms. The SMILES string of the molecule is CC1=C2C(F)=CC(F)=CN2NC1. The Kier molecular flexibility index (Phi) is 1.51. The van der Waals surface area contributed by atoms with Crippen LogP contribution in [0.4, 0.5) is 8.78 Å². The summed E-state index contributed by atoms with van der Waals surface area (Å²) in [6, 6.07) is 0. The van der Waals surface area contributed by atoms with Crippen molar-refractivity contribution >= 4 is 0 Å². The molecule has 64 valence electrons. The third-order valence-electron chi connectivity index (χ3n) is 1.90. The Labute approximate surface area is 68.8 Å². The van der Waals surface area contributed by atoms with E-state index in [2.05, 4.69) is 5.43 Å². The summed E-state index contributed by atoms with van der Waals surface area (Å²) >= 11 is 0. The van der Waals surface area contributed by atoms with Gasteiger partial charge in [-0.05, 0) is 12.5 Å². The van der Waals surface area contributed by atoms with Crippen molar-refractivity contribution in [1.82, 2.24) is 10.4 Å². The van der Waals surface area contributed by atoms with E-state index in [1.165, 1.54) is 11.2 Å². The smallest absolute Gasteiger partial charge is 0.151 e. The number of nitrogens with one attached hydrogen (secondary N) is 1. The largest absolute Gasteiger partial charge is 0.278 e. The first kappa shape index (κ1) is 7.49. The lowest BCUT2D eigenvalue weighted by atomic mass is 10.2. The van der Waals surface area contributed by atoms with Gasteiger partial charge in [-0.1, -0.05) is 0 Å². The molecule has 0 saturated carbocycles. The van der Waals surface area contributed by atoms with E-state index in [4.69, 9.17) is 0 Å². The fraction of sp³-hybridized carbons (Fsp3) is 0.250. The molecule has 0 aliphatic carbocycles. The maximum atomic E-state index is 13.1. The predicted molar refractivity (Wildman–Crippen MR) is 40.9 cm³/mol. The van der Waals surface area contributed by atoms with Crippen LogP contribution >= 0.6 is 0 Å². The maximum Gasteiger partial charge on any atom is 0.151 e. The molecule has 0 unspecified atom stereocenters. The Balaban J connectivity index is 2.46. The lowest BCUT2D eigenvalue weighted by Crippen LogP contribution is -2.28. The van der Waals surface area contributed by atoms with Crippen molar-refractivity contribution in [1.29, 1.82) is 0 Å². The van der Waals surface area contributed by atoms with E-state index < -0.39 is 11.7 Å². The Morgan fingerprint density at radius 3 is 3.00 bits per heavy atom. The van der Waals surface area contributed by atoms with Crippen molar-refractivity contribution in [3.05, 3.63) is 35.2 Å². The van der Waals surface area contributed by atoms with Crippen LogP contribution in [0.3, 0.4) is 0 Å². The van der Waals surface area contributed by atoms with E-state index in [1.807, 2.05) is 6.92 Å². The first-order chi connectivity index (χ1) is 5.68. The lowest BCUT2D eigenvalue weighted by molar-refractivity contribution is 0.358. The second-order valence-corrected chi connectivity index (χ2v) is 2.84. The van der Waals surface area contributed by atoms with Gasteiger partial charge in [-0.25, -0.2) is 14.2 Å². The topological polar surface area (TPSA) is 15.3 Å². The highest BCUT2D eigenvalue weighted by Crippen LogP contribution is 2.29. The van der Waals surface area contributed by atoms with Crippen molar-refractivity contribution in [2.45, 2.75) is 6.92 Å².